The van der Waals surface area contributed by atoms with Crippen molar-refractivity contribution in [3.63, 3.8) is 0 Å². The largest absolute Gasteiger partial charge is 0.337 e. The molecule has 0 unspecified atom stereocenters. The number of nitrogens with two attached hydrogens (primary N) is 1. The molecule has 1 aliphatic heterocycles. The number of urea groups is 1. The van der Waals surface area contributed by atoms with Crippen LogP contribution < -0.4 is 15.8 Å². The smallest absolute Gasteiger partial charge is 0.318 e. The van der Waals surface area contributed by atoms with Gasteiger partial charge in [-0.2, -0.15) is 0 Å². The number of sulfonamides is 1. The summed E-state index contributed by atoms with van der Waals surface area (Å²) in [6.07, 6.45) is 0.718. The molecule has 1 aromatic carbocycles. The molecule has 25 heavy (non-hydrogen) atoms. The molecule has 1 heterocycles. The van der Waals surface area contributed by atoms with Crippen molar-refractivity contribution in [2.45, 2.75) is 32.9 Å². The number of amides is 3. The molecule has 9 heteroatoms. The number of para-hydroxylation sites is 1. The van der Waals surface area contributed by atoms with E-state index in [-0.39, 0.29) is 30.7 Å². The van der Waals surface area contributed by atoms with Gasteiger partial charge in [0.2, 0.25) is 15.9 Å². The van der Waals surface area contributed by atoms with E-state index in [0.29, 0.717) is 5.69 Å². The van der Waals surface area contributed by atoms with Crippen LogP contribution in [0.1, 0.15) is 25.8 Å². The van der Waals surface area contributed by atoms with Crippen molar-refractivity contribution in [1.29, 1.82) is 0 Å². The maximum absolute atomic E-state index is 12.7. The zero-order chi connectivity index (χ0) is 18.6. The van der Waals surface area contributed by atoms with E-state index in [1.165, 1.54) is 4.90 Å². The zero-order valence-electron chi connectivity index (χ0n) is 14.4. The summed E-state index contributed by atoms with van der Waals surface area (Å²) in [7, 11) is -3.66. The topological polar surface area (TPSA) is 122 Å². The van der Waals surface area contributed by atoms with Gasteiger partial charge in [-0.3, -0.25) is 4.79 Å². The van der Waals surface area contributed by atoms with Gasteiger partial charge in [-0.1, -0.05) is 38.5 Å². The monoisotopic (exact) mass is 368 g/mol. The van der Waals surface area contributed by atoms with E-state index in [9.17, 15) is 18.0 Å². The molecule has 0 radical (unpaired) electrons. The number of carbonyl (C=O) groups is 2. The molecule has 8 nitrogen and oxygen atoms in total. The van der Waals surface area contributed by atoms with Crippen LogP contribution in [0.25, 0.3) is 0 Å². The molecule has 3 amide bonds. The van der Waals surface area contributed by atoms with E-state index in [1.54, 1.807) is 6.07 Å². The predicted octanol–water partition coefficient (Wildman–Crippen LogP) is 0.854. The van der Waals surface area contributed by atoms with E-state index in [1.807, 2.05) is 32.0 Å². The Morgan fingerprint density at radius 1 is 1.44 bits per heavy atom. The highest BCUT2D eigenvalue weighted by molar-refractivity contribution is 7.89. The maximum atomic E-state index is 12.7. The van der Waals surface area contributed by atoms with Gasteiger partial charge < -0.3 is 15.5 Å². The number of anilines is 1. The van der Waals surface area contributed by atoms with Gasteiger partial charge >= 0.3 is 6.03 Å². The minimum absolute atomic E-state index is 0.0571. The Morgan fingerprint density at radius 3 is 2.76 bits per heavy atom. The van der Waals surface area contributed by atoms with Crippen LogP contribution in [0.5, 0.6) is 0 Å². The molecular formula is C16H24N4O4S. The van der Waals surface area contributed by atoms with Crippen molar-refractivity contribution in [3.8, 4) is 0 Å². The second-order valence-corrected chi connectivity index (χ2v) is 7.94. The van der Waals surface area contributed by atoms with E-state index in [2.05, 4.69) is 10.6 Å². The number of nitrogens with zero attached hydrogens (tertiary/aromatic N) is 1. The Bertz CT molecular complexity index is 750. The fraction of sp³-hybridized carbons (Fsp3) is 0.500. The summed E-state index contributed by atoms with van der Waals surface area (Å²) in [4.78, 5) is 26.8. The summed E-state index contributed by atoms with van der Waals surface area (Å²) < 4.78 is 22.1. The summed E-state index contributed by atoms with van der Waals surface area (Å²) in [6.45, 7) is 4.01. The molecule has 0 saturated carbocycles. The first-order valence-corrected chi connectivity index (χ1v) is 9.88. The fourth-order valence-corrected chi connectivity index (χ4v) is 3.19. The molecule has 4 N–H and O–H groups in total. The van der Waals surface area contributed by atoms with Crippen molar-refractivity contribution in [3.05, 3.63) is 29.8 Å². The standard InChI is InChI=1S/C16H24N4O4S/c1-3-11(2)14-15(21)19-13-7-5-4-6-12(13)10-20(14)16(22)18-8-9-25(17,23)24/h4-7,11,14H,3,8-10H2,1-2H3,(H,18,22)(H,19,21)(H2,17,23,24)/t11-,14-/m0/s1. The highest BCUT2D eigenvalue weighted by atomic mass is 32.2. The van der Waals surface area contributed by atoms with Crippen LogP contribution in [0.15, 0.2) is 24.3 Å². The molecule has 1 aromatic rings. The lowest BCUT2D eigenvalue weighted by molar-refractivity contribution is -0.121. The van der Waals surface area contributed by atoms with Gasteiger partial charge in [-0.05, 0) is 17.5 Å². The second kappa shape index (κ2) is 7.83. The molecule has 1 aliphatic rings. The van der Waals surface area contributed by atoms with Gasteiger partial charge in [0.05, 0.1) is 12.3 Å². The maximum Gasteiger partial charge on any atom is 0.318 e. The Balaban J connectivity index is 2.25. The number of hydrogen-bond acceptors (Lipinski definition) is 4. The van der Waals surface area contributed by atoms with Crippen molar-refractivity contribution in [2.24, 2.45) is 11.1 Å². The summed E-state index contributed by atoms with van der Waals surface area (Å²) in [6, 6.07) is 6.17. The molecular weight excluding hydrogens is 344 g/mol. The van der Waals surface area contributed by atoms with Crippen LogP contribution in [-0.2, 0) is 21.4 Å². The molecule has 2 rings (SSSR count). The van der Waals surface area contributed by atoms with Crippen molar-refractivity contribution in [2.75, 3.05) is 17.6 Å². The number of benzene rings is 1. The quantitative estimate of drug-likeness (QED) is 0.713. The number of carbonyl (C=O) groups excluding carboxylic acids is 2. The number of fused-ring (bicyclic) bond motifs is 1. The molecule has 0 aliphatic carbocycles. The predicted molar refractivity (Wildman–Crippen MR) is 95.2 cm³/mol. The fourth-order valence-electron chi connectivity index (χ4n) is 2.80. The molecule has 0 saturated heterocycles. The molecule has 2 atom stereocenters. The minimum Gasteiger partial charge on any atom is -0.337 e. The lowest BCUT2D eigenvalue weighted by Gasteiger charge is -2.32. The number of primary sulfonamides is 1. The van der Waals surface area contributed by atoms with Gasteiger partial charge in [-0.25, -0.2) is 18.4 Å². The normalized spacial score (nSPS) is 18.8. The second-order valence-electron chi connectivity index (χ2n) is 6.20. The van der Waals surface area contributed by atoms with Crippen LogP contribution >= 0.6 is 0 Å². The molecule has 138 valence electrons. The third-order valence-corrected chi connectivity index (χ3v) is 5.10. The van der Waals surface area contributed by atoms with Gasteiger partial charge in [-0.15, -0.1) is 0 Å². The van der Waals surface area contributed by atoms with Gasteiger partial charge in [0.1, 0.15) is 6.04 Å². The average Bonchev–Trinajstić information content (AvgIpc) is 2.68. The van der Waals surface area contributed by atoms with Crippen molar-refractivity contribution in [1.82, 2.24) is 10.2 Å². The van der Waals surface area contributed by atoms with Crippen LogP contribution in [0, 0.1) is 5.92 Å². The zero-order valence-corrected chi connectivity index (χ0v) is 15.2. The first-order valence-electron chi connectivity index (χ1n) is 8.16. The van der Waals surface area contributed by atoms with Gasteiger partial charge in [0.15, 0.2) is 0 Å². The van der Waals surface area contributed by atoms with Crippen LogP contribution in [0.4, 0.5) is 10.5 Å². The Labute approximate surface area is 147 Å². The Kier molecular flexibility index (Phi) is 6.02. The molecule has 0 fully saturated rings. The van der Waals surface area contributed by atoms with E-state index < -0.39 is 22.1 Å². The lowest BCUT2D eigenvalue weighted by Crippen LogP contribution is -2.52. The SMILES string of the molecule is CC[C@H](C)[C@H]1C(=O)Nc2ccccc2CN1C(=O)NCCS(N)(=O)=O. The van der Waals surface area contributed by atoms with Crippen LogP contribution in [-0.4, -0.2) is 43.6 Å². The summed E-state index contributed by atoms with van der Waals surface area (Å²) in [5.41, 5.74) is 1.50. The van der Waals surface area contributed by atoms with Gasteiger partial charge in [0.25, 0.3) is 0 Å². The molecule has 0 bridgehead atoms. The number of hydrogen-bond donors (Lipinski definition) is 3. The van der Waals surface area contributed by atoms with Crippen molar-refractivity contribution < 1.29 is 18.0 Å². The highest BCUT2D eigenvalue weighted by Gasteiger charge is 2.36. The van der Waals surface area contributed by atoms with E-state index >= 15 is 0 Å². The summed E-state index contributed by atoms with van der Waals surface area (Å²) in [5, 5.41) is 10.4. The third-order valence-electron chi connectivity index (χ3n) is 4.33. The average molecular weight is 368 g/mol. The number of nitrogens with one attached hydrogen (secondary N) is 2. The van der Waals surface area contributed by atoms with Crippen LogP contribution in [0.3, 0.4) is 0 Å². The van der Waals surface area contributed by atoms with Crippen LogP contribution in [0.2, 0.25) is 0 Å². The highest BCUT2D eigenvalue weighted by Crippen LogP contribution is 2.27. The third kappa shape index (κ3) is 4.93. The number of rotatable bonds is 5. The summed E-state index contributed by atoms with van der Waals surface area (Å²) >= 11 is 0. The Hall–Kier alpha value is -2.13. The van der Waals surface area contributed by atoms with E-state index in [0.717, 1.165) is 12.0 Å². The molecule has 0 aromatic heterocycles. The van der Waals surface area contributed by atoms with E-state index in [4.69, 9.17) is 5.14 Å². The Morgan fingerprint density at radius 2 is 2.12 bits per heavy atom. The first-order chi connectivity index (χ1) is 11.7. The summed E-state index contributed by atoms with van der Waals surface area (Å²) in [5.74, 6) is -0.664. The molecule has 0 spiro atoms. The van der Waals surface area contributed by atoms with Gasteiger partial charge in [0, 0.05) is 12.2 Å². The first kappa shape index (κ1) is 19.2. The minimum atomic E-state index is -3.66. The lowest BCUT2D eigenvalue weighted by atomic mass is 9.97. The van der Waals surface area contributed by atoms with Crippen molar-refractivity contribution >= 4 is 27.6 Å².